The van der Waals surface area contributed by atoms with Crippen LogP contribution in [-0.2, 0) is 9.53 Å². The van der Waals surface area contributed by atoms with Crippen LogP contribution >= 0.6 is 11.3 Å². The topological polar surface area (TPSA) is 125 Å². The summed E-state index contributed by atoms with van der Waals surface area (Å²) in [5.74, 6) is 0.0894. The van der Waals surface area contributed by atoms with Crippen molar-refractivity contribution in [2.75, 3.05) is 36.5 Å². The molecule has 2 saturated heterocycles. The fraction of sp³-hybridized carbons (Fsp3) is 0.385. The standard InChI is InChI=1S/C26H27N9O2S/c1-15(2)30-22-7-23(24-5-4-18-6-17(8-27)9-29-35(18)24)28-10-21(22)25-31-32-26(38-25)34-19-11-33(16(3)36)12-20(34)14-37-13-19/h4-7,9-10,15,19-20H,11-14H2,1-3H3,(H,28,30)/t19-,20+. The van der Waals surface area contributed by atoms with Gasteiger partial charge >= 0.3 is 0 Å². The van der Waals surface area contributed by atoms with Crippen LogP contribution in [0, 0.1) is 11.3 Å². The number of amides is 1. The van der Waals surface area contributed by atoms with E-state index in [9.17, 15) is 10.1 Å². The summed E-state index contributed by atoms with van der Waals surface area (Å²) in [4.78, 5) is 20.9. The molecule has 0 radical (unpaired) electrons. The van der Waals surface area contributed by atoms with Crippen molar-refractivity contribution < 1.29 is 9.53 Å². The minimum atomic E-state index is 0.0534. The van der Waals surface area contributed by atoms with Crippen molar-refractivity contribution in [3.63, 3.8) is 0 Å². The van der Waals surface area contributed by atoms with Crippen molar-refractivity contribution in [1.82, 2.24) is 29.7 Å². The maximum absolute atomic E-state index is 12.0. The van der Waals surface area contributed by atoms with Gasteiger partial charge in [-0.05, 0) is 38.1 Å². The van der Waals surface area contributed by atoms with Crippen molar-refractivity contribution in [2.24, 2.45) is 0 Å². The molecule has 4 aromatic rings. The van der Waals surface area contributed by atoms with Gasteiger partial charge in [-0.15, -0.1) is 10.2 Å². The molecule has 2 atom stereocenters. The summed E-state index contributed by atoms with van der Waals surface area (Å²) in [5.41, 5.74) is 4.70. The van der Waals surface area contributed by atoms with Crippen molar-refractivity contribution in [3.05, 3.63) is 42.2 Å². The highest BCUT2D eigenvalue weighted by atomic mass is 32.1. The number of ether oxygens (including phenoxy) is 1. The Hall–Kier alpha value is -4.08. The van der Waals surface area contributed by atoms with Gasteiger partial charge in [-0.1, -0.05) is 11.3 Å². The summed E-state index contributed by atoms with van der Waals surface area (Å²) in [6.07, 6.45) is 3.38. The third-order valence-corrected chi connectivity index (χ3v) is 7.79. The van der Waals surface area contributed by atoms with Crippen LogP contribution in [0.25, 0.3) is 27.5 Å². The van der Waals surface area contributed by atoms with Gasteiger partial charge in [-0.25, -0.2) is 4.52 Å². The molecule has 0 unspecified atom stereocenters. The molecule has 11 nitrogen and oxygen atoms in total. The first-order valence-electron chi connectivity index (χ1n) is 12.5. The lowest BCUT2D eigenvalue weighted by Crippen LogP contribution is -2.65. The lowest BCUT2D eigenvalue weighted by molar-refractivity contribution is -0.132. The smallest absolute Gasteiger partial charge is 0.219 e. The van der Waals surface area contributed by atoms with Crippen LogP contribution in [0.2, 0.25) is 0 Å². The second-order valence-corrected chi connectivity index (χ2v) is 10.8. The second-order valence-electron chi connectivity index (χ2n) is 9.89. The molecule has 2 fully saturated rings. The molecule has 38 heavy (non-hydrogen) atoms. The Labute approximate surface area is 223 Å². The fourth-order valence-corrected chi connectivity index (χ4v) is 6.12. The number of nitriles is 1. The van der Waals surface area contributed by atoms with Gasteiger partial charge < -0.3 is 19.9 Å². The molecule has 2 bridgehead atoms. The number of aromatic nitrogens is 5. The van der Waals surface area contributed by atoms with E-state index in [2.05, 4.69) is 45.4 Å². The van der Waals surface area contributed by atoms with Crippen LogP contribution in [0.5, 0.6) is 0 Å². The molecular weight excluding hydrogens is 502 g/mol. The predicted octanol–water partition coefficient (Wildman–Crippen LogP) is 3.04. The van der Waals surface area contributed by atoms with E-state index in [0.717, 1.165) is 38.3 Å². The van der Waals surface area contributed by atoms with Crippen molar-refractivity contribution in [1.29, 1.82) is 5.26 Å². The summed E-state index contributed by atoms with van der Waals surface area (Å²) in [5, 5.41) is 27.9. The van der Waals surface area contributed by atoms with Gasteiger partial charge in [0.25, 0.3) is 0 Å². The molecule has 0 aromatic carbocycles. The normalized spacial score (nSPS) is 19.1. The van der Waals surface area contributed by atoms with E-state index in [1.54, 1.807) is 23.7 Å². The number of rotatable bonds is 5. The minimum absolute atomic E-state index is 0.0534. The van der Waals surface area contributed by atoms with E-state index in [1.165, 1.54) is 11.3 Å². The van der Waals surface area contributed by atoms with Crippen LogP contribution < -0.4 is 10.2 Å². The largest absolute Gasteiger partial charge is 0.382 e. The molecule has 2 aliphatic heterocycles. The first-order chi connectivity index (χ1) is 18.4. The van der Waals surface area contributed by atoms with Gasteiger partial charge in [0, 0.05) is 37.9 Å². The molecule has 6 heterocycles. The van der Waals surface area contributed by atoms with Gasteiger partial charge in [0.2, 0.25) is 11.0 Å². The molecule has 4 aromatic heterocycles. The Morgan fingerprint density at radius 3 is 2.68 bits per heavy atom. The zero-order valence-electron chi connectivity index (χ0n) is 21.3. The molecule has 6 rings (SSSR count). The third kappa shape index (κ3) is 4.33. The van der Waals surface area contributed by atoms with Crippen molar-refractivity contribution in [2.45, 2.75) is 38.9 Å². The summed E-state index contributed by atoms with van der Waals surface area (Å²) >= 11 is 1.53. The lowest BCUT2D eigenvalue weighted by atomic mass is 10.1. The lowest BCUT2D eigenvalue weighted by Gasteiger charge is -2.49. The minimum Gasteiger partial charge on any atom is -0.382 e. The van der Waals surface area contributed by atoms with E-state index in [0.29, 0.717) is 31.9 Å². The number of morpholine rings is 1. The van der Waals surface area contributed by atoms with Crippen LogP contribution in [0.1, 0.15) is 26.3 Å². The summed E-state index contributed by atoms with van der Waals surface area (Å²) in [6.45, 7) is 8.14. The van der Waals surface area contributed by atoms with E-state index in [4.69, 9.17) is 9.72 Å². The van der Waals surface area contributed by atoms with Gasteiger partial charge in [0.1, 0.15) is 6.07 Å². The average molecular weight is 530 g/mol. The highest BCUT2D eigenvalue weighted by molar-refractivity contribution is 7.18. The Bertz CT molecular complexity index is 1540. The zero-order chi connectivity index (χ0) is 26.4. The monoisotopic (exact) mass is 529 g/mol. The highest BCUT2D eigenvalue weighted by Gasteiger charge is 2.40. The Kier molecular flexibility index (Phi) is 6.17. The zero-order valence-corrected chi connectivity index (χ0v) is 22.1. The molecule has 0 spiro atoms. The SMILES string of the molecule is CC(=O)N1C[C@H]2COC[C@@H](C1)N2c1nnc(-c2cnc(-c3ccc4cc(C#N)cnn34)cc2NC(C)C)s1. The number of pyridine rings is 1. The Balaban J connectivity index is 1.34. The molecule has 194 valence electrons. The van der Waals surface area contributed by atoms with Crippen molar-refractivity contribution >= 4 is 33.6 Å². The third-order valence-electron chi connectivity index (χ3n) is 6.82. The predicted molar refractivity (Wildman–Crippen MR) is 144 cm³/mol. The quantitative estimate of drug-likeness (QED) is 0.415. The molecule has 2 aliphatic rings. The van der Waals surface area contributed by atoms with Crippen LogP contribution in [0.3, 0.4) is 0 Å². The maximum Gasteiger partial charge on any atom is 0.219 e. The average Bonchev–Trinajstić information content (AvgIpc) is 3.54. The number of piperazine rings is 1. The number of anilines is 2. The molecular formula is C26H27N9O2S. The number of nitrogens with zero attached hydrogens (tertiary/aromatic N) is 8. The summed E-state index contributed by atoms with van der Waals surface area (Å²) in [7, 11) is 0. The number of hydrogen-bond acceptors (Lipinski definition) is 10. The van der Waals surface area contributed by atoms with Crippen molar-refractivity contribution in [3.8, 4) is 28.0 Å². The molecule has 12 heteroatoms. The first-order valence-corrected chi connectivity index (χ1v) is 13.3. The Morgan fingerprint density at radius 1 is 1.18 bits per heavy atom. The number of hydrogen-bond donors (Lipinski definition) is 1. The molecule has 0 aliphatic carbocycles. The van der Waals surface area contributed by atoms with E-state index in [-0.39, 0.29) is 24.0 Å². The molecule has 1 amide bonds. The van der Waals surface area contributed by atoms with Gasteiger partial charge in [0.15, 0.2) is 5.01 Å². The maximum atomic E-state index is 12.0. The Morgan fingerprint density at radius 2 is 1.97 bits per heavy atom. The van der Waals surface area contributed by atoms with E-state index < -0.39 is 0 Å². The second kappa shape index (κ2) is 9.66. The van der Waals surface area contributed by atoms with Gasteiger partial charge in [-0.3, -0.25) is 9.78 Å². The number of nitrogens with one attached hydrogen (secondary N) is 1. The number of fused-ring (bicyclic) bond motifs is 3. The van der Waals surface area contributed by atoms with Gasteiger partial charge in [0.05, 0.1) is 59.5 Å². The fourth-order valence-electron chi connectivity index (χ4n) is 5.11. The van der Waals surface area contributed by atoms with E-state index in [1.807, 2.05) is 29.3 Å². The number of carbonyl (C=O) groups is 1. The van der Waals surface area contributed by atoms with Crippen LogP contribution in [-0.4, -0.2) is 80.0 Å². The highest BCUT2D eigenvalue weighted by Crippen LogP contribution is 2.38. The molecule has 1 N–H and O–H groups in total. The summed E-state index contributed by atoms with van der Waals surface area (Å²) in [6, 6.07) is 10.1. The van der Waals surface area contributed by atoms with E-state index >= 15 is 0 Å². The van der Waals surface area contributed by atoms with Gasteiger partial charge in [-0.2, -0.15) is 10.4 Å². The first kappa shape index (κ1) is 24.3. The molecule has 0 saturated carbocycles. The number of carbonyl (C=O) groups excluding carboxylic acids is 1. The summed E-state index contributed by atoms with van der Waals surface area (Å²) < 4.78 is 7.58. The van der Waals surface area contributed by atoms with Crippen LogP contribution in [0.4, 0.5) is 10.8 Å². The van der Waals surface area contributed by atoms with Crippen LogP contribution in [0.15, 0.2) is 36.7 Å².